The van der Waals surface area contributed by atoms with E-state index < -0.39 is 5.91 Å². The zero-order chi connectivity index (χ0) is 8.59. The zero-order valence-electron chi connectivity index (χ0n) is 5.94. The predicted octanol–water partition coefficient (Wildman–Crippen LogP) is -0.131. The molecule has 0 atom stereocenters. The molecule has 1 aromatic heterocycles. The summed E-state index contributed by atoms with van der Waals surface area (Å²) in [6, 6.07) is 0. The van der Waals surface area contributed by atoms with Crippen molar-refractivity contribution in [2.75, 3.05) is 0 Å². The number of carbonyl (C=O) groups is 1. The number of hydrogen-bond donors (Lipinski definition) is 2. The summed E-state index contributed by atoms with van der Waals surface area (Å²) < 4.78 is 0. The quantitative estimate of drug-likeness (QED) is 0.564. The standard InChI is InChI=1S/C6H6BClN2O/c1-2-3(7)4(8)5(10-2)6(9)11/h10H,1H3,(H2,9,11). The molecule has 1 aromatic rings. The lowest BCUT2D eigenvalue weighted by molar-refractivity contribution is 0.0996. The fourth-order valence-electron chi connectivity index (χ4n) is 0.779. The summed E-state index contributed by atoms with van der Waals surface area (Å²) >= 11 is 5.65. The van der Waals surface area contributed by atoms with Gasteiger partial charge in [-0.15, -0.1) is 0 Å². The summed E-state index contributed by atoms with van der Waals surface area (Å²) in [4.78, 5) is 13.3. The molecule has 0 spiro atoms. The monoisotopic (exact) mass is 168 g/mol. The number of hydrogen-bond acceptors (Lipinski definition) is 1. The maximum Gasteiger partial charge on any atom is 0.266 e. The van der Waals surface area contributed by atoms with Crippen LogP contribution in [0.3, 0.4) is 0 Å². The van der Waals surface area contributed by atoms with E-state index in [0.29, 0.717) is 11.2 Å². The van der Waals surface area contributed by atoms with Crippen LogP contribution in [0.1, 0.15) is 16.2 Å². The maximum atomic E-state index is 10.6. The van der Waals surface area contributed by atoms with Gasteiger partial charge in [-0.05, 0) is 6.92 Å². The molecule has 5 heteroatoms. The Morgan fingerprint density at radius 2 is 2.27 bits per heavy atom. The molecule has 3 nitrogen and oxygen atoms in total. The van der Waals surface area contributed by atoms with Crippen molar-refractivity contribution in [3.63, 3.8) is 0 Å². The molecule has 3 N–H and O–H groups in total. The van der Waals surface area contributed by atoms with Gasteiger partial charge in [0.2, 0.25) is 0 Å². The van der Waals surface area contributed by atoms with Crippen molar-refractivity contribution >= 4 is 30.8 Å². The van der Waals surface area contributed by atoms with Crippen LogP contribution in [-0.4, -0.2) is 18.7 Å². The number of nitrogens with one attached hydrogen (secondary N) is 1. The summed E-state index contributed by atoms with van der Waals surface area (Å²) in [6.45, 7) is 1.72. The van der Waals surface area contributed by atoms with Gasteiger partial charge in [0.25, 0.3) is 5.91 Å². The first kappa shape index (κ1) is 8.20. The molecule has 0 saturated heterocycles. The van der Waals surface area contributed by atoms with Gasteiger partial charge in [0.05, 0.1) is 5.02 Å². The van der Waals surface area contributed by atoms with Gasteiger partial charge in [-0.1, -0.05) is 17.1 Å². The van der Waals surface area contributed by atoms with E-state index in [1.165, 1.54) is 0 Å². The second-order valence-corrected chi connectivity index (χ2v) is 2.59. The van der Waals surface area contributed by atoms with Crippen LogP contribution >= 0.6 is 11.6 Å². The van der Waals surface area contributed by atoms with Gasteiger partial charge < -0.3 is 10.7 Å². The molecule has 0 bridgehead atoms. The van der Waals surface area contributed by atoms with Crippen molar-refractivity contribution in [2.45, 2.75) is 6.92 Å². The molecule has 1 rings (SSSR count). The van der Waals surface area contributed by atoms with Gasteiger partial charge in [0.1, 0.15) is 13.5 Å². The molecule has 0 unspecified atom stereocenters. The Labute approximate surface area is 70.3 Å². The second-order valence-electron chi connectivity index (χ2n) is 2.22. The van der Waals surface area contributed by atoms with E-state index in [4.69, 9.17) is 25.2 Å². The van der Waals surface area contributed by atoms with Gasteiger partial charge in [-0.2, -0.15) is 0 Å². The average Bonchev–Trinajstić information content (AvgIpc) is 2.17. The Morgan fingerprint density at radius 1 is 1.73 bits per heavy atom. The number of H-pyrrole nitrogens is 1. The Hall–Kier alpha value is -0.895. The predicted molar refractivity (Wildman–Crippen MR) is 44.4 cm³/mol. The van der Waals surface area contributed by atoms with Crippen LogP contribution in [-0.2, 0) is 0 Å². The highest BCUT2D eigenvalue weighted by atomic mass is 35.5. The van der Waals surface area contributed by atoms with Gasteiger partial charge >= 0.3 is 0 Å². The second kappa shape index (κ2) is 2.62. The van der Waals surface area contributed by atoms with Gasteiger partial charge in [-0.25, -0.2) is 0 Å². The van der Waals surface area contributed by atoms with Crippen LogP contribution in [0.4, 0.5) is 0 Å². The number of amides is 1. The normalized spacial score (nSPS) is 10.0. The molecule has 0 aliphatic rings. The lowest BCUT2D eigenvalue weighted by Crippen LogP contribution is -2.12. The highest BCUT2D eigenvalue weighted by Gasteiger charge is 2.12. The van der Waals surface area contributed by atoms with Crippen LogP contribution in [0.15, 0.2) is 0 Å². The van der Waals surface area contributed by atoms with Crippen LogP contribution in [0.25, 0.3) is 0 Å². The molecule has 1 heterocycles. The van der Waals surface area contributed by atoms with Crippen LogP contribution in [0, 0.1) is 6.92 Å². The molecule has 0 aliphatic carbocycles. The Kier molecular flexibility index (Phi) is 1.96. The molecular weight excluding hydrogens is 162 g/mol. The zero-order valence-corrected chi connectivity index (χ0v) is 6.70. The van der Waals surface area contributed by atoms with Crippen molar-refractivity contribution in [1.82, 2.24) is 4.98 Å². The molecule has 0 aliphatic heterocycles. The van der Waals surface area contributed by atoms with Crippen molar-refractivity contribution in [3.05, 3.63) is 16.4 Å². The first-order valence-corrected chi connectivity index (χ1v) is 3.35. The highest BCUT2D eigenvalue weighted by Crippen LogP contribution is 2.12. The summed E-state index contributed by atoms with van der Waals surface area (Å²) in [5.74, 6) is -0.602. The van der Waals surface area contributed by atoms with E-state index in [1.807, 2.05) is 0 Å². The minimum Gasteiger partial charge on any atom is -0.364 e. The Balaban J connectivity index is 3.29. The topological polar surface area (TPSA) is 58.9 Å². The number of primary amides is 1. The highest BCUT2D eigenvalue weighted by molar-refractivity contribution is 6.47. The molecule has 1 amide bonds. The molecule has 0 saturated carbocycles. The van der Waals surface area contributed by atoms with E-state index in [2.05, 4.69) is 4.98 Å². The summed E-state index contributed by atoms with van der Waals surface area (Å²) in [6.07, 6.45) is 0. The third-order valence-electron chi connectivity index (χ3n) is 1.42. The lowest BCUT2D eigenvalue weighted by atomic mass is 9.96. The van der Waals surface area contributed by atoms with E-state index >= 15 is 0 Å². The lowest BCUT2D eigenvalue weighted by Gasteiger charge is -1.89. The fourth-order valence-corrected chi connectivity index (χ4v) is 1.06. The van der Waals surface area contributed by atoms with Crippen LogP contribution in [0.5, 0.6) is 0 Å². The summed E-state index contributed by atoms with van der Waals surface area (Å²) in [7, 11) is 5.47. The van der Waals surface area contributed by atoms with E-state index in [9.17, 15) is 4.79 Å². The van der Waals surface area contributed by atoms with Crippen LogP contribution < -0.4 is 11.2 Å². The number of nitrogens with two attached hydrogens (primary N) is 1. The average molecular weight is 168 g/mol. The maximum absolute atomic E-state index is 10.6. The third kappa shape index (κ3) is 1.26. The van der Waals surface area contributed by atoms with Crippen LogP contribution in [0.2, 0.25) is 5.02 Å². The minimum absolute atomic E-state index is 0.168. The number of aryl methyl sites for hydroxylation is 1. The summed E-state index contributed by atoms with van der Waals surface area (Å²) in [5, 5.41) is 0.204. The van der Waals surface area contributed by atoms with E-state index in [0.717, 1.165) is 0 Å². The van der Waals surface area contributed by atoms with E-state index in [-0.39, 0.29) is 10.7 Å². The van der Waals surface area contributed by atoms with Crippen molar-refractivity contribution < 1.29 is 4.79 Å². The summed E-state index contributed by atoms with van der Waals surface area (Å²) in [5.41, 5.74) is 6.19. The van der Waals surface area contributed by atoms with Gasteiger partial charge in [0, 0.05) is 5.69 Å². The largest absolute Gasteiger partial charge is 0.364 e. The van der Waals surface area contributed by atoms with Crippen molar-refractivity contribution in [3.8, 4) is 0 Å². The number of rotatable bonds is 1. The molecule has 0 aromatic carbocycles. The van der Waals surface area contributed by atoms with Gasteiger partial charge in [-0.3, -0.25) is 4.79 Å². The van der Waals surface area contributed by atoms with Crippen molar-refractivity contribution in [1.29, 1.82) is 0 Å². The smallest absolute Gasteiger partial charge is 0.266 e. The first-order chi connectivity index (χ1) is 5.04. The minimum atomic E-state index is -0.602. The number of aromatic nitrogens is 1. The number of halogens is 1. The molecule has 0 fully saturated rings. The van der Waals surface area contributed by atoms with Crippen molar-refractivity contribution in [2.24, 2.45) is 5.73 Å². The molecular formula is C6H6BClN2O. The molecule has 11 heavy (non-hydrogen) atoms. The van der Waals surface area contributed by atoms with Gasteiger partial charge in [0.15, 0.2) is 0 Å². The van der Waals surface area contributed by atoms with E-state index in [1.54, 1.807) is 6.92 Å². The molecule has 56 valence electrons. The fraction of sp³-hybridized carbons (Fsp3) is 0.167. The molecule has 2 radical (unpaired) electrons. The Morgan fingerprint density at radius 3 is 2.45 bits per heavy atom. The SMILES string of the molecule is [B]c1c(C)[nH]c(C(N)=O)c1Cl. The number of carbonyl (C=O) groups excluding carboxylic acids is 1. The first-order valence-electron chi connectivity index (χ1n) is 2.97. The number of aromatic amines is 1. The Bertz CT molecular complexity index is 308. The third-order valence-corrected chi connectivity index (χ3v) is 1.81.